The molecule has 0 aromatic rings. The summed E-state index contributed by atoms with van der Waals surface area (Å²) in [5.41, 5.74) is 3.57. The van der Waals surface area contributed by atoms with Crippen molar-refractivity contribution in [3.63, 3.8) is 0 Å². The number of hydroxylamine groups is 2. The van der Waals surface area contributed by atoms with E-state index in [9.17, 15) is 22.8 Å². The zero-order valence-electron chi connectivity index (χ0n) is 12.9. The second-order valence-electron chi connectivity index (χ2n) is 4.99. The van der Waals surface area contributed by atoms with Crippen LogP contribution in [0.15, 0.2) is 0 Å². The third-order valence-electron chi connectivity index (χ3n) is 3.49. The average Bonchev–Trinajstić information content (AvgIpc) is 2.62. The van der Waals surface area contributed by atoms with Crippen LogP contribution in [0.2, 0.25) is 0 Å². The fraction of sp³-hybridized carbons (Fsp3) is 0.700. The second-order valence-corrected chi connectivity index (χ2v) is 6.00. The molecule has 13 heteroatoms. The van der Waals surface area contributed by atoms with Crippen LogP contribution in [0.3, 0.4) is 0 Å². The summed E-state index contributed by atoms with van der Waals surface area (Å²) in [4.78, 5) is 36.3. The van der Waals surface area contributed by atoms with Gasteiger partial charge in [-0.1, -0.05) is 0 Å². The van der Waals surface area contributed by atoms with Crippen molar-refractivity contribution in [1.29, 1.82) is 0 Å². The van der Waals surface area contributed by atoms with Crippen molar-refractivity contribution >= 4 is 28.2 Å². The minimum atomic E-state index is -4.83. The number of piperidine rings is 1. The van der Waals surface area contributed by atoms with Crippen molar-refractivity contribution in [3.05, 3.63) is 5.43 Å². The van der Waals surface area contributed by atoms with Crippen LogP contribution >= 0.6 is 0 Å². The van der Waals surface area contributed by atoms with Crippen molar-refractivity contribution < 1.29 is 61.2 Å². The number of carbonyl (C=O) groups excluding carboxylic acids is 3. The fourth-order valence-corrected chi connectivity index (χ4v) is 2.76. The number of carbonyl (C=O) groups is 3. The number of fused-ring (bicyclic) bond motifs is 2. The Bertz CT molecular complexity index is 612. The van der Waals surface area contributed by atoms with Crippen LogP contribution in [0, 0.1) is 0 Å². The Kier molecular flexibility index (Phi) is 6.40. The van der Waals surface area contributed by atoms with Gasteiger partial charge in [0.15, 0.2) is 0 Å². The van der Waals surface area contributed by atoms with Gasteiger partial charge in [0, 0.05) is 13.5 Å². The van der Waals surface area contributed by atoms with E-state index in [-0.39, 0.29) is 42.5 Å². The summed E-state index contributed by atoms with van der Waals surface area (Å²) >= 11 is 0. The maximum Gasteiger partial charge on any atom is 1.00 e. The summed E-state index contributed by atoms with van der Waals surface area (Å²) in [5, 5.41) is 1.40. The van der Waals surface area contributed by atoms with E-state index in [4.69, 9.17) is 4.55 Å². The third kappa shape index (κ3) is 4.55. The summed E-state index contributed by atoms with van der Waals surface area (Å²) in [6.45, 7) is 1.31. The van der Waals surface area contributed by atoms with E-state index in [1.54, 1.807) is 0 Å². The summed E-state index contributed by atoms with van der Waals surface area (Å²) in [5.74, 6) is -1.12. The Labute approximate surface area is 155 Å². The van der Waals surface area contributed by atoms with Crippen molar-refractivity contribution in [2.75, 3.05) is 13.6 Å². The van der Waals surface area contributed by atoms with Crippen molar-refractivity contribution in [3.8, 4) is 0 Å². The van der Waals surface area contributed by atoms with Crippen LogP contribution < -0.4 is 29.6 Å². The molecule has 2 fully saturated rings. The predicted octanol–water partition coefficient (Wildman–Crippen LogP) is -3.71. The van der Waals surface area contributed by atoms with Gasteiger partial charge in [-0.25, -0.2) is 4.79 Å². The van der Waals surface area contributed by atoms with E-state index >= 15 is 0 Å². The smallest absolute Gasteiger partial charge is 0.560 e. The largest absolute Gasteiger partial charge is 1.00 e. The fourth-order valence-electron chi connectivity index (χ4n) is 2.37. The molecule has 2 bridgehead atoms. The molecule has 11 nitrogen and oxygen atoms in total. The summed E-state index contributed by atoms with van der Waals surface area (Å²) in [7, 11) is -3.52. The second kappa shape index (κ2) is 7.32. The molecule has 2 heterocycles. The first-order valence-corrected chi connectivity index (χ1v) is 7.73. The number of urea groups is 1. The first kappa shape index (κ1) is 20.1. The summed E-state index contributed by atoms with van der Waals surface area (Å²) in [6.07, 6.45) is 0.545. The standard InChI is InChI=1S/C10H16N4O7S.Na/c1-6(15)12(2)11-9(16)8-4-3-7-5-13(8)10(17)14(7)21-22(18,19)20;/h7-8H,3-5H2,1-2H3,(H2,11,16,18,19,20);/q;+1/p-1/t7-,8+;/m1./s1. The molecule has 0 radical (unpaired) electrons. The molecular formula is C10H15N4NaO7S. The van der Waals surface area contributed by atoms with E-state index in [1.807, 2.05) is 0 Å². The molecule has 2 aliphatic rings. The Hall–Kier alpha value is -0.920. The SMILES string of the molecule is CC(=O)N(C)[N-]C(=O)[C@@H]1CC[C@@H]2CN1C(=O)N2OS(=O)(=O)O.[Na+]. The van der Waals surface area contributed by atoms with Crippen LogP contribution in [0.25, 0.3) is 5.43 Å². The first-order chi connectivity index (χ1) is 10.1. The van der Waals surface area contributed by atoms with Gasteiger partial charge in [0.25, 0.3) is 0 Å². The van der Waals surface area contributed by atoms with Gasteiger partial charge < -0.3 is 20.1 Å². The normalized spacial score (nSPS) is 23.3. The zero-order valence-corrected chi connectivity index (χ0v) is 15.7. The molecule has 2 saturated heterocycles. The summed E-state index contributed by atoms with van der Waals surface area (Å²) in [6, 6.07) is -2.33. The van der Waals surface area contributed by atoms with Gasteiger partial charge in [-0.2, -0.15) is 13.5 Å². The monoisotopic (exact) mass is 358 g/mol. The number of rotatable bonds is 3. The Morgan fingerprint density at radius 1 is 1.39 bits per heavy atom. The van der Waals surface area contributed by atoms with Crippen LogP contribution in [-0.4, -0.2) is 71.5 Å². The molecular weight excluding hydrogens is 343 g/mol. The first-order valence-electron chi connectivity index (χ1n) is 6.37. The average molecular weight is 358 g/mol. The molecule has 2 aliphatic heterocycles. The van der Waals surface area contributed by atoms with Gasteiger partial charge in [-0.05, 0) is 19.9 Å². The minimum absolute atomic E-state index is 0. The quantitative estimate of drug-likeness (QED) is 0.311. The van der Waals surface area contributed by atoms with Gasteiger partial charge in [0.1, 0.15) is 0 Å². The zero-order chi connectivity index (χ0) is 16.7. The molecule has 0 aromatic heterocycles. The van der Waals surface area contributed by atoms with Gasteiger partial charge in [-0.15, -0.1) is 4.28 Å². The Balaban J connectivity index is 0.00000264. The molecule has 0 saturated carbocycles. The third-order valence-corrected chi connectivity index (χ3v) is 3.84. The maximum absolute atomic E-state index is 12.1. The predicted molar refractivity (Wildman–Crippen MR) is 70.2 cm³/mol. The topological polar surface area (TPSA) is 139 Å². The van der Waals surface area contributed by atoms with E-state index in [1.165, 1.54) is 14.0 Å². The van der Waals surface area contributed by atoms with Crippen LogP contribution in [0.5, 0.6) is 0 Å². The number of hydrogen-bond acceptors (Lipinski definition) is 6. The summed E-state index contributed by atoms with van der Waals surface area (Å²) < 4.78 is 34.4. The Morgan fingerprint density at radius 3 is 2.52 bits per heavy atom. The van der Waals surface area contributed by atoms with Gasteiger partial charge >= 0.3 is 46.0 Å². The molecule has 0 unspecified atom stereocenters. The van der Waals surface area contributed by atoms with E-state index in [2.05, 4.69) is 9.71 Å². The molecule has 0 spiro atoms. The molecule has 23 heavy (non-hydrogen) atoms. The van der Waals surface area contributed by atoms with Crippen molar-refractivity contribution in [2.24, 2.45) is 0 Å². The molecule has 0 aliphatic carbocycles. The van der Waals surface area contributed by atoms with Crippen molar-refractivity contribution in [2.45, 2.75) is 31.8 Å². The Morgan fingerprint density at radius 2 is 2.00 bits per heavy atom. The van der Waals surface area contributed by atoms with Crippen LogP contribution in [-0.2, 0) is 24.3 Å². The van der Waals surface area contributed by atoms with Crippen LogP contribution in [0.1, 0.15) is 19.8 Å². The molecule has 124 valence electrons. The van der Waals surface area contributed by atoms with Gasteiger partial charge in [0.05, 0.1) is 18.0 Å². The molecule has 2 atom stereocenters. The number of nitrogens with zero attached hydrogens (tertiary/aromatic N) is 4. The van der Waals surface area contributed by atoms with E-state index < -0.39 is 40.3 Å². The number of hydrogen-bond donors (Lipinski definition) is 1. The molecule has 0 aromatic carbocycles. The van der Waals surface area contributed by atoms with Crippen LogP contribution in [0.4, 0.5) is 4.79 Å². The van der Waals surface area contributed by atoms with E-state index in [0.717, 1.165) is 9.91 Å². The number of amides is 4. The van der Waals surface area contributed by atoms with E-state index in [0.29, 0.717) is 11.5 Å². The van der Waals surface area contributed by atoms with Gasteiger partial charge in [0.2, 0.25) is 5.91 Å². The minimum Gasteiger partial charge on any atom is -0.560 e. The molecule has 2 rings (SSSR count). The molecule has 1 N–H and O–H groups in total. The van der Waals surface area contributed by atoms with Gasteiger partial charge in [-0.3, -0.25) is 9.35 Å². The maximum atomic E-state index is 12.1. The van der Waals surface area contributed by atoms with Crippen molar-refractivity contribution in [1.82, 2.24) is 15.0 Å². The molecule has 4 amide bonds.